The van der Waals surface area contributed by atoms with Crippen molar-refractivity contribution in [1.82, 2.24) is 0 Å². The standard InChI is InChI=1S/C86H156NO8P/c1-6-8-10-12-14-16-18-20-22-24-26-28-30-32-34-36-38-40-42-43-45-46-48-50-52-54-56-58-60-62-64-66-68-70-72-74-76-78-85(88)92-82-84(83-94-96(90,91)93-81-80-87(3,4)5)95-86(89)79-77-75-73-71-69-67-65-63-61-59-57-55-53-51-49-47-44-41-39-37-35-33-31-29-27-25-23-21-19-17-15-13-11-9-7-2/h9,11,15,17,21,23-24,26-27,29,33,35,39,41,47,49,84H,6-8,10,12-14,16,18-20,22,25,28,30-32,34,36-38,40,42-46,48,50-83H2,1-5H3/b11-9-,17-15-,23-21-,26-24-,29-27-,35-33-,41-39-,49-47-. The van der Waals surface area contributed by atoms with Gasteiger partial charge in [0.05, 0.1) is 27.7 Å². The minimum atomic E-state index is -4.65. The molecule has 0 spiro atoms. The van der Waals surface area contributed by atoms with Crippen LogP contribution in [0, 0.1) is 0 Å². The Morgan fingerprint density at radius 3 is 0.896 bits per heavy atom. The number of unbranched alkanes of at least 4 members (excludes halogenated alkanes) is 46. The zero-order valence-corrected chi connectivity index (χ0v) is 64.7. The smallest absolute Gasteiger partial charge is 0.306 e. The summed E-state index contributed by atoms with van der Waals surface area (Å²) in [6, 6.07) is 0. The number of phosphoric acid groups is 1. The Bertz CT molecular complexity index is 1940. The lowest BCUT2D eigenvalue weighted by Crippen LogP contribution is -2.37. The summed E-state index contributed by atoms with van der Waals surface area (Å²) < 4.78 is 34.4. The summed E-state index contributed by atoms with van der Waals surface area (Å²) in [5.74, 6) is -0.820. The number of likely N-dealkylation sites (N-methyl/N-ethyl adjacent to an activating group) is 1. The molecule has 0 fully saturated rings. The number of carbonyl (C=O) groups is 2. The molecule has 10 heteroatoms. The van der Waals surface area contributed by atoms with Crippen molar-refractivity contribution in [3.05, 3.63) is 97.2 Å². The van der Waals surface area contributed by atoms with Crippen molar-refractivity contribution >= 4 is 19.8 Å². The molecular weight excluding hydrogens is 1210 g/mol. The molecule has 9 nitrogen and oxygen atoms in total. The molecule has 0 N–H and O–H groups in total. The summed E-state index contributed by atoms with van der Waals surface area (Å²) in [4.78, 5) is 38.2. The van der Waals surface area contributed by atoms with Crippen LogP contribution in [0.3, 0.4) is 0 Å². The number of hydrogen-bond donors (Lipinski definition) is 0. The van der Waals surface area contributed by atoms with Gasteiger partial charge in [-0.2, -0.15) is 0 Å². The molecule has 0 aliphatic carbocycles. The van der Waals surface area contributed by atoms with Crippen molar-refractivity contribution in [3.8, 4) is 0 Å². The van der Waals surface area contributed by atoms with Crippen molar-refractivity contribution in [1.29, 1.82) is 0 Å². The molecule has 2 atom stereocenters. The van der Waals surface area contributed by atoms with Gasteiger partial charge in [-0.3, -0.25) is 14.2 Å². The fraction of sp³-hybridized carbons (Fsp3) is 0.791. The molecule has 0 aliphatic heterocycles. The average molecular weight is 1360 g/mol. The summed E-state index contributed by atoms with van der Waals surface area (Å²) in [5.41, 5.74) is 0. The first-order chi connectivity index (χ1) is 47.0. The summed E-state index contributed by atoms with van der Waals surface area (Å²) in [7, 11) is 1.17. The number of allylic oxidation sites excluding steroid dienone is 16. The second-order valence-corrected chi connectivity index (χ2v) is 30.2. The third kappa shape index (κ3) is 79.9. The molecule has 0 amide bonds. The molecule has 0 radical (unpaired) electrons. The first kappa shape index (κ1) is 92.9. The van der Waals surface area contributed by atoms with E-state index in [0.717, 1.165) is 83.5 Å². The van der Waals surface area contributed by atoms with Crippen molar-refractivity contribution in [2.24, 2.45) is 0 Å². The maximum absolute atomic E-state index is 12.9. The predicted molar refractivity (Wildman–Crippen MR) is 416 cm³/mol. The molecule has 0 saturated heterocycles. The molecular formula is C86H156NO8P. The molecule has 558 valence electrons. The maximum Gasteiger partial charge on any atom is 0.306 e. The largest absolute Gasteiger partial charge is 0.756 e. The Labute approximate surface area is 595 Å². The summed E-state index contributed by atoms with van der Waals surface area (Å²) >= 11 is 0. The van der Waals surface area contributed by atoms with Gasteiger partial charge in [-0.1, -0.05) is 374 Å². The number of esters is 2. The number of quaternary nitrogens is 1. The summed E-state index contributed by atoms with van der Waals surface area (Å²) in [6.45, 7) is 4.18. The van der Waals surface area contributed by atoms with Crippen molar-refractivity contribution in [2.45, 2.75) is 392 Å². The predicted octanol–water partition coefficient (Wildman–Crippen LogP) is 26.8. The molecule has 0 rings (SSSR count). The molecule has 0 aromatic rings. The average Bonchev–Trinajstić information content (AvgIpc) is 2.74. The van der Waals surface area contributed by atoms with Crippen LogP contribution in [0.1, 0.15) is 386 Å². The van der Waals surface area contributed by atoms with Gasteiger partial charge in [0, 0.05) is 12.8 Å². The third-order valence-corrected chi connectivity index (χ3v) is 19.1. The third-order valence-electron chi connectivity index (χ3n) is 18.1. The molecule has 0 heterocycles. The van der Waals surface area contributed by atoms with Gasteiger partial charge in [0.25, 0.3) is 7.82 Å². The molecule has 2 unspecified atom stereocenters. The van der Waals surface area contributed by atoms with E-state index in [-0.39, 0.29) is 32.0 Å². The maximum atomic E-state index is 12.9. The van der Waals surface area contributed by atoms with Crippen molar-refractivity contribution < 1.29 is 42.1 Å². The number of rotatable bonds is 76. The van der Waals surface area contributed by atoms with Crippen LogP contribution in [0.4, 0.5) is 0 Å². The Balaban J connectivity index is 3.94. The topological polar surface area (TPSA) is 111 Å². The van der Waals surface area contributed by atoms with E-state index in [1.165, 1.54) is 270 Å². The van der Waals surface area contributed by atoms with Gasteiger partial charge in [-0.15, -0.1) is 0 Å². The van der Waals surface area contributed by atoms with E-state index in [9.17, 15) is 19.0 Å². The van der Waals surface area contributed by atoms with Gasteiger partial charge in [0.1, 0.15) is 19.8 Å². The van der Waals surface area contributed by atoms with Crippen LogP contribution in [-0.2, 0) is 32.7 Å². The number of nitrogens with zero attached hydrogens (tertiary/aromatic N) is 1. The summed E-state index contributed by atoms with van der Waals surface area (Å²) in [6.07, 6.45) is 107. The van der Waals surface area contributed by atoms with Gasteiger partial charge in [-0.25, -0.2) is 0 Å². The van der Waals surface area contributed by atoms with Crippen LogP contribution in [0.25, 0.3) is 0 Å². The molecule has 96 heavy (non-hydrogen) atoms. The first-order valence-electron chi connectivity index (χ1n) is 40.9. The lowest BCUT2D eigenvalue weighted by Gasteiger charge is -2.28. The van der Waals surface area contributed by atoms with E-state index in [1.54, 1.807) is 0 Å². The first-order valence-corrected chi connectivity index (χ1v) is 42.4. The van der Waals surface area contributed by atoms with Gasteiger partial charge < -0.3 is 27.9 Å². The van der Waals surface area contributed by atoms with Gasteiger partial charge >= 0.3 is 11.9 Å². The van der Waals surface area contributed by atoms with Gasteiger partial charge in [0.2, 0.25) is 0 Å². The molecule has 0 bridgehead atoms. The highest BCUT2D eigenvalue weighted by Crippen LogP contribution is 2.38. The van der Waals surface area contributed by atoms with Gasteiger partial charge in [0.15, 0.2) is 6.10 Å². The van der Waals surface area contributed by atoms with E-state index in [2.05, 4.69) is 111 Å². The highest BCUT2D eigenvalue weighted by Gasteiger charge is 2.22. The Morgan fingerprint density at radius 2 is 0.594 bits per heavy atom. The Kier molecular flexibility index (Phi) is 73.7. The minimum Gasteiger partial charge on any atom is -0.756 e. The lowest BCUT2D eigenvalue weighted by molar-refractivity contribution is -0.870. The van der Waals surface area contributed by atoms with Crippen molar-refractivity contribution in [2.75, 3.05) is 47.5 Å². The second kappa shape index (κ2) is 76.1. The SMILES string of the molecule is CC/C=C\C/C=C\C/C=C\C/C=C\C/C=C\C/C=C\C/C=C\CCCCCCCCCCCCCCCC(=O)OC(COC(=O)CCCCCCCCCCCCCCCCCCCCCCCCCCC/C=C\CCCCCCCCCC)COP(=O)([O-])OCC[N+](C)(C)C. The van der Waals surface area contributed by atoms with Crippen LogP contribution in [0.2, 0.25) is 0 Å². The van der Waals surface area contributed by atoms with Crippen LogP contribution in [-0.4, -0.2) is 70.0 Å². The van der Waals surface area contributed by atoms with Crippen LogP contribution in [0.5, 0.6) is 0 Å². The van der Waals surface area contributed by atoms with Crippen LogP contribution in [0.15, 0.2) is 97.2 Å². The Morgan fingerprint density at radius 1 is 0.333 bits per heavy atom. The van der Waals surface area contributed by atoms with E-state index >= 15 is 0 Å². The zero-order valence-electron chi connectivity index (χ0n) is 63.8. The quantitative estimate of drug-likeness (QED) is 0.0195. The van der Waals surface area contributed by atoms with E-state index in [1.807, 2.05) is 21.1 Å². The highest BCUT2D eigenvalue weighted by molar-refractivity contribution is 7.45. The van der Waals surface area contributed by atoms with Gasteiger partial charge in [-0.05, 0) is 96.3 Å². The van der Waals surface area contributed by atoms with Crippen molar-refractivity contribution in [3.63, 3.8) is 0 Å². The number of carbonyl (C=O) groups excluding carboxylic acids is 2. The highest BCUT2D eigenvalue weighted by atomic mass is 31.2. The molecule has 0 saturated carbocycles. The molecule has 0 aliphatic rings. The number of hydrogen-bond acceptors (Lipinski definition) is 8. The van der Waals surface area contributed by atoms with E-state index in [0.29, 0.717) is 17.4 Å². The van der Waals surface area contributed by atoms with Crippen LogP contribution < -0.4 is 4.89 Å². The summed E-state index contributed by atoms with van der Waals surface area (Å²) in [5, 5.41) is 0. The monoisotopic (exact) mass is 1360 g/mol. The number of phosphoric ester groups is 1. The normalized spacial score (nSPS) is 13.5. The number of ether oxygens (including phenoxy) is 2. The fourth-order valence-electron chi connectivity index (χ4n) is 11.9. The molecule has 0 aromatic heterocycles. The minimum absolute atomic E-state index is 0.0322. The fourth-order valence-corrected chi connectivity index (χ4v) is 12.6. The Hall–Kier alpha value is -3.07. The van der Waals surface area contributed by atoms with E-state index < -0.39 is 26.5 Å². The lowest BCUT2D eigenvalue weighted by atomic mass is 10.0. The second-order valence-electron chi connectivity index (χ2n) is 28.8. The van der Waals surface area contributed by atoms with E-state index in [4.69, 9.17) is 18.5 Å². The van der Waals surface area contributed by atoms with Crippen LogP contribution >= 0.6 is 7.82 Å². The zero-order chi connectivity index (χ0) is 69.7. The molecule has 0 aromatic carbocycles.